The molecule has 1 aliphatic rings. The highest BCUT2D eigenvalue weighted by Crippen LogP contribution is 2.22. The topological polar surface area (TPSA) is 48.4 Å². The Morgan fingerprint density at radius 3 is 3.27 bits per heavy atom. The molecule has 0 N–H and O–H groups in total. The van der Waals surface area contributed by atoms with Crippen LogP contribution in [0.3, 0.4) is 0 Å². The Kier molecular flexibility index (Phi) is 2.85. The quantitative estimate of drug-likeness (QED) is 0.691. The summed E-state index contributed by atoms with van der Waals surface area (Å²) in [6, 6.07) is 3.57. The summed E-state index contributed by atoms with van der Waals surface area (Å²) in [5, 5.41) is 0. The van der Waals surface area contributed by atoms with E-state index in [0.29, 0.717) is 24.8 Å². The number of esters is 1. The number of rotatable bonds is 2. The van der Waals surface area contributed by atoms with E-state index in [1.807, 2.05) is 6.07 Å². The zero-order chi connectivity index (χ0) is 10.7. The molecule has 0 unspecified atom stereocenters. The lowest BCUT2D eigenvalue weighted by Gasteiger charge is -2.16. The van der Waals surface area contributed by atoms with Crippen LogP contribution in [0.15, 0.2) is 12.1 Å². The van der Waals surface area contributed by atoms with Crippen molar-refractivity contribution in [2.45, 2.75) is 19.8 Å². The molecule has 4 heteroatoms. The minimum Gasteiger partial charge on any atom is -0.477 e. The molecule has 2 heterocycles. The summed E-state index contributed by atoms with van der Waals surface area (Å²) in [5.41, 5.74) is 1.38. The first-order valence-corrected chi connectivity index (χ1v) is 5.11. The lowest BCUT2D eigenvalue weighted by molar-refractivity contribution is 0.0518. The maximum Gasteiger partial charge on any atom is 0.357 e. The second kappa shape index (κ2) is 4.29. The third-order valence-corrected chi connectivity index (χ3v) is 2.25. The predicted octanol–water partition coefficient (Wildman–Crippen LogP) is 1.58. The van der Waals surface area contributed by atoms with Gasteiger partial charge in [0.1, 0.15) is 0 Å². The molecule has 0 aliphatic carbocycles. The van der Waals surface area contributed by atoms with Gasteiger partial charge in [-0.15, -0.1) is 0 Å². The van der Waals surface area contributed by atoms with Gasteiger partial charge in [-0.1, -0.05) is 6.07 Å². The second-order valence-electron chi connectivity index (χ2n) is 3.33. The minimum atomic E-state index is -0.394. The lowest BCUT2D eigenvalue weighted by Crippen LogP contribution is -2.13. The fourth-order valence-electron chi connectivity index (χ4n) is 1.53. The van der Waals surface area contributed by atoms with Crippen LogP contribution >= 0.6 is 0 Å². The maximum absolute atomic E-state index is 11.4. The molecule has 0 aromatic carbocycles. The molecule has 4 nitrogen and oxygen atoms in total. The third kappa shape index (κ3) is 2.09. The van der Waals surface area contributed by atoms with Gasteiger partial charge in [0, 0.05) is 5.56 Å². The smallest absolute Gasteiger partial charge is 0.357 e. The molecular weight excluding hydrogens is 194 g/mol. The van der Waals surface area contributed by atoms with Crippen LogP contribution in [0, 0.1) is 0 Å². The number of hydrogen-bond acceptors (Lipinski definition) is 4. The highest BCUT2D eigenvalue weighted by Gasteiger charge is 2.15. The van der Waals surface area contributed by atoms with Crippen molar-refractivity contribution in [2.75, 3.05) is 13.2 Å². The zero-order valence-corrected chi connectivity index (χ0v) is 8.66. The zero-order valence-electron chi connectivity index (χ0n) is 8.66. The van der Waals surface area contributed by atoms with Crippen LogP contribution in [0.4, 0.5) is 0 Å². The van der Waals surface area contributed by atoms with Crippen LogP contribution in [-0.4, -0.2) is 24.2 Å². The van der Waals surface area contributed by atoms with Crippen molar-refractivity contribution in [2.24, 2.45) is 0 Å². The molecule has 0 atom stereocenters. The number of aryl methyl sites for hydroxylation is 1. The van der Waals surface area contributed by atoms with Gasteiger partial charge < -0.3 is 9.47 Å². The van der Waals surface area contributed by atoms with E-state index in [9.17, 15) is 4.79 Å². The van der Waals surface area contributed by atoms with E-state index in [1.165, 1.54) is 0 Å². The predicted molar refractivity (Wildman–Crippen MR) is 54.0 cm³/mol. The molecule has 0 spiro atoms. The first-order valence-electron chi connectivity index (χ1n) is 5.11. The maximum atomic E-state index is 11.4. The summed E-state index contributed by atoms with van der Waals surface area (Å²) in [4.78, 5) is 15.5. The monoisotopic (exact) mass is 207 g/mol. The van der Waals surface area contributed by atoms with Crippen molar-refractivity contribution in [3.8, 4) is 5.88 Å². The molecule has 80 valence electrons. The average Bonchev–Trinajstić information content (AvgIpc) is 2.29. The normalized spacial score (nSPS) is 13.9. The van der Waals surface area contributed by atoms with Gasteiger partial charge in [-0.05, 0) is 25.8 Å². The van der Waals surface area contributed by atoms with Gasteiger partial charge >= 0.3 is 5.97 Å². The molecule has 0 radical (unpaired) electrons. The highest BCUT2D eigenvalue weighted by molar-refractivity contribution is 5.87. The summed E-state index contributed by atoms with van der Waals surface area (Å²) in [7, 11) is 0. The van der Waals surface area contributed by atoms with Crippen LogP contribution in [0.2, 0.25) is 0 Å². The fourth-order valence-corrected chi connectivity index (χ4v) is 1.53. The number of ether oxygens (including phenoxy) is 2. The van der Waals surface area contributed by atoms with Crippen LogP contribution in [0.5, 0.6) is 5.88 Å². The van der Waals surface area contributed by atoms with Crippen molar-refractivity contribution in [3.05, 3.63) is 23.4 Å². The van der Waals surface area contributed by atoms with Crippen LogP contribution in [0.25, 0.3) is 0 Å². The number of aromatic nitrogens is 1. The molecule has 0 saturated carbocycles. The number of carbonyl (C=O) groups excluding carboxylic acids is 1. The number of pyridine rings is 1. The summed E-state index contributed by atoms with van der Waals surface area (Å²) in [6.45, 7) is 2.80. The molecular formula is C11H13NO3. The van der Waals surface area contributed by atoms with E-state index in [2.05, 4.69) is 4.98 Å². The van der Waals surface area contributed by atoms with Crippen LogP contribution in [-0.2, 0) is 11.2 Å². The number of carbonyl (C=O) groups is 1. The van der Waals surface area contributed by atoms with E-state index in [-0.39, 0.29) is 0 Å². The molecule has 2 rings (SSSR count). The number of hydrogen-bond donors (Lipinski definition) is 0. The third-order valence-electron chi connectivity index (χ3n) is 2.25. The minimum absolute atomic E-state index is 0.317. The van der Waals surface area contributed by atoms with E-state index in [1.54, 1.807) is 13.0 Å². The average molecular weight is 207 g/mol. The molecule has 0 bridgehead atoms. The van der Waals surface area contributed by atoms with Gasteiger partial charge in [-0.3, -0.25) is 0 Å². The van der Waals surface area contributed by atoms with Gasteiger partial charge in [0.2, 0.25) is 5.88 Å². The van der Waals surface area contributed by atoms with E-state index in [0.717, 1.165) is 18.4 Å². The molecule has 0 saturated heterocycles. The van der Waals surface area contributed by atoms with Crippen molar-refractivity contribution >= 4 is 5.97 Å². The summed E-state index contributed by atoms with van der Waals surface area (Å²) >= 11 is 0. The summed E-state index contributed by atoms with van der Waals surface area (Å²) < 4.78 is 10.2. The number of nitrogens with zero attached hydrogens (tertiary/aromatic N) is 1. The van der Waals surface area contributed by atoms with Crippen molar-refractivity contribution in [3.63, 3.8) is 0 Å². The summed E-state index contributed by atoms with van der Waals surface area (Å²) in [5.74, 6) is 0.182. The van der Waals surface area contributed by atoms with Crippen molar-refractivity contribution in [1.29, 1.82) is 0 Å². The highest BCUT2D eigenvalue weighted by atomic mass is 16.5. The Morgan fingerprint density at radius 2 is 2.47 bits per heavy atom. The Balaban J connectivity index is 2.24. The molecule has 1 aromatic rings. The Bertz CT molecular complexity index is 376. The van der Waals surface area contributed by atoms with Gasteiger partial charge in [0.25, 0.3) is 0 Å². The first kappa shape index (κ1) is 9.96. The van der Waals surface area contributed by atoms with E-state index >= 15 is 0 Å². The van der Waals surface area contributed by atoms with Crippen LogP contribution in [0.1, 0.15) is 29.4 Å². The van der Waals surface area contributed by atoms with E-state index < -0.39 is 5.97 Å². The SMILES string of the molecule is CCOC(=O)c1ccc2c(n1)OCCC2. The van der Waals surface area contributed by atoms with Crippen molar-refractivity contribution < 1.29 is 14.3 Å². The molecule has 15 heavy (non-hydrogen) atoms. The molecule has 0 amide bonds. The molecule has 1 aliphatic heterocycles. The Hall–Kier alpha value is -1.58. The van der Waals surface area contributed by atoms with Crippen LogP contribution < -0.4 is 4.74 Å². The van der Waals surface area contributed by atoms with Gasteiger partial charge in [0.15, 0.2) is 5.69 Å². The van der Waals surface area contributed by atoms with Gasteiger partial charge in [-0.25, -0.2) is 9.78 Å². The standard InChI is InChI=1S/C11H13NO3/c1-2-14-11(13)9-6-5-8-4-3-7-15-10(8)12-9/h5-6H,2-4,7H2,1H3. The van der Waals surface area contributed by atoms with Crippen molar-refractivity contribution in [1.82, 2.24) is 4.98 Å². The van der Waals surface area contributed by atoms with E-state index in [4.69, 9.17) is 9.47 Å². The summed E-state index contributed by atoms with van der Waals surface area (Å²) in [6.07, 6.45) is 1.97. The second-order valence-corrected chi connectivity index (χ2v) is 3.33. The van der Waals surface area contributed by atoms with Gasteiger partial charge in [-0.2, -0.15) is 0 Å². The lowest BCUT2D eigenvalue weighted by atomic mass is 10.1. The Labute approximate surface area is 88.2 Å². The first-order chi connectivity index (χ1) is 7.31. The molecule has 0 fully saturated rings. The Morgan fingerprint density at radius 1 is 1.60 bits per heavy atom. The molecule has 1 aromatic heterocycles. The van der Waals surface area contributed by atoms with Gasteiger partial charge in [0.05, 0.1) is 13.2 Å². The fraction of sp³-hybridized carbons (Fsp3) is 0.455. The largest absolute Gasteiger partial charge is 0.477 e. The number of fused-ring (bicyclic) bond motifs is 1.